The number of hydrogen-bond donors (Lipinski definition) is 1. The standard InChI is InChI=1S/C13H20O4/c1-5-6-10(14)9-7-11(15-2)13(17-4)12(8-9)16-3/h7-8,10,14H,5-6H2,1-4H3. The molecule has 0 radical (unpaired) electrons. The Morgan fingerprint density at radius 3 is 1.94 bits per heavy atom. The van der Waals surface area contributed by atoms with E-state index in [2.05, 4.69) is 0 Å². The maximum absolute atomic E-state index is 9.97. The van der Waals surface area contributed by atoms with Gasteiger partial charge >= 0.3 is 0 Å². The maximum Gasteiger partial charge on any atom is 0.203 e. The number of aliphatic hydroxyl groups is 1. The lowest BCUT2D eigenvalue weighted by atomic mass is 10.0. The van der Waals surface area contributed by atoms with E-state index in [1.807, 2.05) is 6.92 Å². The third-order valence-corrected chi connectivity index (χ3v) is 2.63. The average molecular weight is 240 g/mol. The largest absolute Gasteiger partial charge is 0.493 e. The number of aliphatic hydroxyl groups excluding tert-OH is 1. The average Bonchev–Trinajstić information content (AvgIpc) is 2.37. The lowest BCUT2D eigenvalue weighted by molar-refractivity contribution is 0.165. The normalized spacial score (nSPS) is 12.1. The predicted molar refractivity (Wildman–Crippen MR) is 66.0 cm³/mol. The molecule has 4 nitrogen and oxygen atoms in total. The SMILES string of the molecule is CCCC(O)c1cc(OC)c(OC)c(OC)c1. The van der Waals surface area contributed by atoms with E-state index >= 15 is 0 Å². The molecule has 1 unspecified atom stereocenters. The Kier molecular flexibility index (Phi) is 5.10. The van der Waals surface area contributed by atoms with Gasteiger partial charge in [-0.25, -0.2) is 0 Å². The summed E-state index contributed by atoms with van der Waals surface area (Å²) >= 11 is 0. The molecule has 0 aliphatic carbocycles. The van der Waals surface area contributed by atoms with Gasteiger partial charge in [-0.3, -0.25) is 0 Å². The topological polar surface area (TPSA) is 47.9 Å². The van der Waals surface area contributed by atoms with E-state index in [-0.39, 0.29) is 0 Å². The second-order valence-corrected chi connectivity index (χ2v) is 3.76. The van der Waals surface area contributed by atoms with E-state index in [1.165, 1.54) is 0 Å². The molecule has 4 heteroatoms. The van der Waals surface area contributed by atoms with Gasteiger partial charge < -0.3 is 19.3 Å². The van der Waals surface area contributed by atoms with Gasteiger partial charge in [-0.2, -0.15) is 0 Å². The van der Waals surface area contributed by atoms with Crippen molar-refractivity contribution in [3.05, 3.63) is 17.7 Å². The van der Waals surface area contributed by atoms with Gasteiger partial charge in [0.15, 0.2) is 11.5 Å². The minimum atomic E-state index is -0.506. The molecule has 0 aliphatic rings. The van der Waals surface area contributed by atoms with E-state index < -0.39 is 6.10 Å². The number of methoxy groups -OCH3 is 3. The molecule has 0 saturated heterocycles. The molecule has 0 fully saturated rings. The van der Waals surface area contributed by atoms with Crippen LogP contribution in [0.25, 0.3) is 0 Å². The molecule has 0 saturated carbocycles. The lowest BCUT2D eigenvalue weighted by Gasteiger charge is -2.16. The minimum Gasteiger partial charge on any atom is -0.493 e. The van der Waals surface area contributed by atoms with Crippen molar-refractivity contribution in [2.24, 2.45) is 0 Å². The Labute approximate surface area is 102 Å². The fourth-order valence-electron chi connectivity index (χ4n) is 1.73. The van der Waals surface area contributed by atoms with Crippen LogP contribution in [-0.4, -0.2) is 26.4 Å². The number of rotatable bonds is 6. The summed E-state index contributed by atoms with van der Waals surface area (Å²) in [6.45, 7) is 2.03. The Morgan fingerprint density at radius 1 is 1.06 bits per heavy atom. The van der Waals surface area contributed by atoms with Crippen LogP contribution in [0.4, 0.5) is 0 Å². The van der Waals surface area contributed by atoms with Gasteiger partial charge in [-0.1, -0.05) is 13.3 Å². The van der Waals surface area contributed by atoms with Gasteiger partial charge in [0.25, 0.3) is 0 Å². The Morgan fingerprint density at radius 2 is 1.59 bits per heavy atom. The van der Waals surface area contributed by atoms with Crippen LogP contribution in [0.1, 0.15) is 31.4 Å². The van der Waals surface area contributed by atoms with Gasteiger partial charge in [0, 0.05) is 0 Å². The molecule has 1 aromatic carbocycles. The molecule has 1 atom stereocenters. The van der Waals surface area contributed by atoms with Crippen molar-refractivity contribution in [3.63, 3.8) is 0 Å². The summed E-state index contributed by atoms with van der Waals surface area (Å²) in [4.78, 5) is 0. The molecule has 0 bridgehead atoms. The van der Waals surface area contributed by atoms with Crippen molar-refractivity contribution in [3.8, 4) is 17.2 Å². The van der Waals surface area contributed by atoms with E-state index in [0.717, 1.165) is 12.0 Å². The first kappa shape index (κ1) is 13.6. The number of benzene rings is 1. The maximum atomic E-state index is 9.97. The predicted octanol–water partition coefficient (Wildman–Crippen LogP) is 2.55. The Balaban J connectivity index is 3.17. The third kappa shape index (κ3) is 3.03. The van der Waals surface area contributed by atoms with E-state index in [0.29, 0.717) is 23.7 Å². The second-order valence-electron chi connectivity index (χ2n) is 3.76. The Bertz CT molecular complexity index is 337. The molecular weight excluding hydrogens is 220 g/mol. The van der Waals surface area contributed by atoms with Crippen LogP contribution in [0.2, 0.25) is 0 Å². The van der Waals surface area contributed by atoms with Crippen LogP contribution in [-0.2, 0) is 0 Å². The molecule has 17 heavy (non-hydrogen) atoms. The summed E-state index contributed by atoms with van der Waals surface area (Å²) in [5.74, 6) is 1.68. The van der Waals surface area contributed by atoms with E-state index in [9.17, 15) is 5.11 Å². The first-order valence-electron chi connectivity index (χ1n) is 5.65. The second kappa shape index (κ2) is 6.35. The third-order valence-electron chi connectivity index (χ3n) is 2.63. The van der Waals surface area contributed by atoms with Gasteiger partial charge in [0.05, 0.1) is 27.4 Å². The van der Waals surface area contributed by atoms with Gasteiger partial charge in [-0.15, -0.1) is 0 Å². The highest BCUT2D eigenvalue weighted by Crippen LogP contribution is 2.40. The van der Waals surface area contributed by atoms with Crippen LogP contribution in [0.15, 0.2) is 12.1 Å². The first-order valence-corrected chi connectivity index (χ1v) is 5.65. The fourth-order valence-corrected chi connectivity index (χ4v) is 1.73. The van der Waals surface area contributed by atoms with Crippen molar-refractivity contribution in [1.29, 1.82) is 0 Å². The number of hydrogen-bond acceptors (Lipinski definition) is 4. The first-order chi connectivity index (χ1) is 8.17. The van der Waals surface area contributed by atoms with Crippen molar-refractivity contribution in [1.82, 2.24) is 0 Å². The van der Waals surface area contributed by atoms with Crippen LogP contribution >= 0.6 is 0 Å². The molecule has 1 rings (SSSR count). The van der Waals surface area contributed by atoms with Crippen molar-refractivity contribution >= 4 is 0 Å². The number of ether oxygens (including phenoxy) is 3. The summed E-state index contributed by atoms with van der Waals surface area (Å²) in [7, 11) is 4.68. The fraction of sp³-hybridized carbons (Fsp3) is 0.538. The zero-order valence-corrected chi connectivity index (χ0v) is 10.8. The highest BCUT2D eigenvalue weighted by atomic mass is 16.5. The van der Waals surface area contributed by atoms with Crippen molar-refractivity contribution in [2.45, 2.75) is 25.9 Å². The van der Waals surface area contributed by atoms with Crippen LogP contribution < -0.4 is 14.2 Å². The molecule has 0 heterocycles. The minimum absolute atomic E-state index is 0.506. The summed E-state index contributed by atoms with van der Waals surface area (Å²) in [5.41, 5.74) is 0.779. The summed E-state index contributed by atoms with van der Waals surface area (Å²) in [6.07, 6.45) is 1.12. The smallest absolute Gasteiger partial charge is 0.203 e. The zero-order chi connectivity index (χ0) is 12.8. The van der Waals surface area contributed by atoms with Gasteiger partial charge in [-0.05, 0) is 24.1 Å². The summed E-state index contributed by atoms with van der Waals surface area (Å²) in [6, 6.07) is 3.56. The quantitative estimate of drug-likeness (QED) is 0.830. The molecule has 96 valence electrons. The monoisotopic (exact) mass is 240 g/mol. The van der Waals surface area contributed by atoms with Crippen LogP contribution in [0.3, 0.4) is 0 Å². The van der Waals surface area contributed by atoms with Gasteiger partial charge in [0.2, 0.25) is 5.75 Å². The molecule has 0 spiro atoms. The summed E-state index contributed by atoms with van der Waals surface area (Å²) in [5, 5.41) is 9.97. The molecule has 0 amide bonds. The van der Waals surface area contributed by atoms with Gasteiger partial charge in [0.1, 0.15) is 0 Å². The molecule has 0 aliphatic heterocycles. The van der Waals surface area contributed by atoms with Crippen LogP contribution in [0.5, 0.6) is 17.2 Å². The van der Waals surface area contributed by atoms with Crippen LogP contribution in [0, 0.1) is 0 Å². The molecule has 0 aromatic heterocycles. The lowest BCUT2D eigenvalue weighted by Crippen LogP contribution is -2.01. The summed E-state index contributed by atoms with van der Waals surface area (Å²) < 4.78 is 15.7. The Hall–Kier alpha value is -1.42. The molecule has 1 aromatic rings. The highest BCUT2D eigenvalue weighted by molar-refractivity contribution is 5.54. The molecule has 1 N–H and O–H groups in total. The van der Waals surface area contributed by atoms with E-state index in [4.69, 9.17) is 14.2 Å². The highest BCUT2D eigenvalue weighted by Gasteiger charge is 2.16. The van der Waals surface area contributed by atoms with Crippen molar-refractivity contribution < 1.29 is 19.3 Å². The van der Waals surface area contributed by atoms with E-state index in [1.54, 1.807) is 33.5 Å². The zero-order valence-electron chi connectivity index (χ0n) is 10.8. The van der Waals surface area contributed by atoms with Crippen molar-refractivity contribution in [2.75, 3.05) is 21.3 Å². The molecular formula is C13H20O4.